The van der Waals surface area contributed by atoms with Crippen LogP contribution in [0.1, 0.15) is 79.1 Å². The van der Waals surface area contributed by atoms with Gasteiger partial charge in [-0.15, -0.1) is 0 Å². The highest BCUT2D eigenvalue weighted by Crippen LogP contribution is 2.74. The largest absolute Gasteiger partial charge is 0.465 e. The van der Waals surface area contributed by atoms with Crippen molar-refractivity contribution >= 4 is 23.9 Å². The van der Waals surface area contributed by atoms with Gasteiger partial charge in [-0.05, 0) is 63.2 Å². The van der Waals surface area contributed by atoms with Crippen LogP contribution in [-0.4, -0.2) is 50.3 Å². The molecule has 0 aromatic heterocycles. The lowest BCUT2D eigenvalue weighted by Gasteiger charge is -2.67. The van der Waals surface area contributed by atoms with Crippen molar-refractivity contribution in [3.63, 3.8) is 0 Å². The third kappa shape index (κ3) is 6.37. The molecule has 4 rings (SSSR count). The highest BCUT2D eigenvalue weighted by Gasteiger charge is 2.70. The molecule has 0 spiro atoms. The Kier molecular flexibility index (Phi) is 8.67. The molecule has 0 N–H and O–H groups in total. The summed E-state index contributed by atoms with van der Waals surface area (Å²) in [7, 11) is 0. The molecule has 0 unspecified atom stereocenters. The summed E-state index contributed by atoms with van der Waals surface area (Å²) < 4.78 is 21.5. The number of ether oxygens (including phenoxy) is 4. The van der Waals surface area contributed by atoms with Gasteiger partial charge < -0.3 is 18.9 Å². The van der Waals surface area contributed by atoms with Gasteiger partial charge in [-0.3, -0.25) is 9.59 Å². The van der Waals surface area contributed by atoms with Gasteiger partial charge in [0.15, 0.2) is 0 Å². The number of hydrogen-bond donors (Lipinski definition) is 0. The van der Waals surface area contributed by atoms with Gasteiger partial charge in [0, 0.05) is 25.0 Å². The number of carbonyl (C=O) groups excluding carboxylic acids is 4. The van der Waals surface area contributed by atoms with E-state index in [0.29, 0.717) is 44.9 Å². The Bertz CT molecular complexity index is 831. The summed E-state index contributed by atoms with van der Waals surface area (Å²) in [6, 6.07) is 0. The molecule has 0 aromatic carbocycles. The zero-order valence-corrected chi connectivity index (χ0v) is 22.1. The van der Waals surface area contributed by atoms with E-state index in [1.54, 1.807) is 26.0 Å². The van der Waals surface area contributed by atoms with E-state index in [1.807, 2.05) is 0 Å². The fourth-order valence-electron chi connectivity index (χ4n) is 7.60. The van der Waals surface area contributed by atoms with E-state index in [2.05, 4.69) is 13.8 Å². The van der Waals surface area contributed by atoms with Crippen LogP contribution in [0.4, 0.5) is 0 Å². The first kappa shape index (κ1) is 27.9. The Morgan fingerprint density at radius 3 is 1.31 bits per heavy atom. The summed E-state index contributed by atoms with van der Waals surface area (Å²) in [6.07, 6.45) is 11.0. The minimum atomic E-state index is -0.707. The molecule has 8 heteroatoms. The van der Waals surface area contributed by atoms with Crippen LogP contribution >= 0.6 is 0 Å². The maximum absolute atomic E-state index is 13.4. The minimum absolute atomic E-state index is 0.133. The number of esters is 4. The van der Waals surface area contributed by atoms with Crippen LogP contribution in [0.3, 0.4) is 0 Å². The molecule has 0 radical (unpaired) electrons. The topological polar surface area (TPSA) is 105 Å². The molecule has 0 aliphatic heterocycles. The average molecular weight is 505 g/mol. The number of rotatable bonds is 12. The van der Waals surface area contributed by atoms with Gasteiger partial charge in [0.05, 0.1) is 37.3 Å². The SMILES string of the molecule is CC=CC(=O)OCCCOC(=O)C12CC3(C)CC(C)(C1)CC(C(=O)OCCCOC(=O)C=CC)(C3)C2. The molecule has 36 heavy (non-hydrogen) atoms. The summed E-state index contributed by atoms with van der Waals surface area (Å²) in [5.41, 5.74) is -1.68. The second-order valence-corrected chi connectivity index (χ2v) is 11.6. The predicted octanol–water partition coefficient (Wildman–Crippen LogP) is 4.46. The normalized spacial score (nSPS) is 32.6. The lowest BCUT2D eigenvalue weighted by molar-refractivity contribution is -0.221. The maximum atomic E-state index is 13.4. The molecule has 0 aromatic rings. The van der Waals surface area contributed by atoms with Gasteiger partial charge in [0.25, 0.3) is 0 Å². The van der Waals surface area contributed by atoms with Crippen LogP contribution in [0, 0.1) is 21.7 Å². The smallest absolute Gasteiger partial charge is 0.330 e. The molecule has 0 amide bonds. The zero-order valence-electron chi connectivity index (χ0n) is 22.1. The van der Waals surface area contributed by atoms with Crippen molar-refractivity contribution in [3.8, 4) is 0 Å². The van der Waals surface area contributed by atoms with E-state index in [-0.39, 0.29) is 49.2 Å². The monoisotopic (exact) mass is 504 g/mol. The third-order valence-electron chi connectivity index (χ3n) is 7.59. The van der Waals surface area contributed by atoms with Crippen molar-refractivity contribution in [2.45, 2.75) is 79.1 Å². The van der Waals surface area contributed by atoms with Crippen molar-refractivity contribution in [2.24, 2.45) is 21.7 Å². The summed E-state index contributed by atoms with van der Waals surface area (Å²) in [4.78, 5) is 49.7. The maximum Gasteiger partial charge on any atom is 0.330 e. The van der Waals surface area contributed by atoms with Gasteiger partial charge in [-0.2, -0.15) is 0 Å². The van der Waals surface area contributed by atoms with Crippen LogP contribution < -0.4 is 0 Å². The van der Waals surface area contributed by atoms with Crippen molar-refractivity contribution in [3.05, 3.63) is 24.3 Å². The first-order valence-corrected chi connectivity index (χ1v) is 12.9. The Hall–Kier alpha value is -2.64. The van der Waals surface area contributed by atoms with Gasteiger partial charge in [-0.1, -0.05) is 26.0 Å². The van der Waals surface area contributed by atoms with Crippen molar-refractivity contribution < 1.29 is 38.1 Å². The van der Waals surface area contributed by atoms with E-state index < -0.39 is 22.8 Å². The standard InChI is InChI=1S/C28H40O8/c1-5-9-21(29)33-11-7-13-35-23(31)27-16-25(3)15-26(4,17-27)19-28(18-25,20-27)24(32)36-14-8-12-34-22(30)10-6-2/h5-6,9-10H,7-8,11-20H2,1-4H3. The molecule has 0 saturated heterocycles. The van der Waals surface area contributed by atoms with Crippen LogP contribution in [0.5, 0.6) is 0 Å². The molecule has 200 valence electrons. The second kappa shape index (κ2) is 11.2. The molecule has 0 atom stereocenters. The molecule has 4 aliphatic rings. The lowest BCUT2D eigenvalue weighted by Crippen LogP contribution is -2.64. The van der Waals surface area contributed by atoms with Crippen LogP contribution in [-0.2, 0) is 38.1 Å². The van der Waals surface area contributed by atoms with Gasteiger partial charge >= 0.3 is 23.9 Å². The van der Waals surface area contributed by atoms with E-state index in [1.165, 1.54) is 12.2 Å². The van der Waals surface area contributed by atoms with E-state index in [0.717, 1.165) is 6.42 Å². The molecular formula is C28H40O8. The number of carbonyl (C=O) groups is 4. The Morgan fingerprint density at radius 1 is 0.583 bits per heavy atom. The van der Waals surface area contributed by atoms with Crippen LogP contribution in [0.25, 0.3) is 0 Å². The molecule has 4 bridgehead atoms. The molecule has 4 fully saturated rings. The quantitative estimate of drug-likeness (QED) is 0.166. The summed E-state index contributed by atoms with van der Waals surface area (Å²) in [5.74, 6) is -1.34. The van der Waals surface area contributed by atoms with Crippen LogP contribution in [0.15, 0.2) is 24.3 Å². The summed E-state index contributed by atoms with van der Waals surface area (Å²) >= 11 is 0. The summed E-state index contributed by atoms with van der Waals surface area (Å²) in [5, 5.41) is 0. The van der Waals surface area contributed by atoms with Gasteiger partial charge in [-0.25, -0.2) is 9.59 Å². The van der Waals surface area contributed by atoms with Crippen molar-refractivity contribution in [1.82, 2.24) is 0 Å². The molecule has 8 nitrogen and oxygen atoms in total. The predicted molar refractivity (Wildman–Crippen MR) is 131 cm³/mol. The first-order valence-electron chi connectivity index (χ1n) is 12.9. The number of hydrogen-bond acceptors (Lipinski definition) is 8. The first-order chi connectivity index (χ1) is 17.0. The van der Waals surface area contributed by atoms with Gasteiger partial charge in [0.1, 0.15) is 0 Å². The fourth-order valence-corrected chi connectivity index (χ4v) is 7.60. The second-order valence-electron chi connectivity index (χ2n) is 11.6. The summed E-state index contributed by atoms with van der Waals surface area (Å²) in [6.45, 7) is 8.52. The van der Waals surface area contributed by atoms with Crippen molar-refractivity contribution in [2.75, 3.05) is 26.4 Å². The molecule has 4 saturated carbocycles. The molecule has 0 heterocycles. The molecular weight excluding hydrogens is 464 g/mol. The van der Waals surface area contributed by atoms with Crippen LogP contribution in [0.2, 0.25) is 0 Å². The zero-order chi connectivity index (χ0) is 26.5. The Labute approximate surface area is 213 Å². The van der Waals surface area contributed by atoms with E-state index in [9.17, 15) is 19.2 Å². The average Bonchev–Trinajstić information content (AvgIpc) is 2.76. The third-order valence-corrected chi connectivity index (χ3v) is 7.59. The Balaban J connectivity index is 1.59. The molecule has 4 aliphatic carbocycles. The minimum Gasteiger partial charge on any atom is -0.465 e. The van der Waals surface area contributed by atoms with Crippen molar-refractivity contribution in [1.29, 1.82) is 0 Å². The lowest BCUT2D eigenvalue weighted by atomic mass is 9.36. The fraction of sp³-hybridized carbons (Fsp3) is 0.714. The Morgan fingerprint density at radius 2 is 0.944 bits per heavy atom. The highest BCUT2D eigenvalue weighted by atomic mass is 16.6. The highest BCUT2D eigenvalue weighted by molar-refractivity contribution is 5.84. The van der Waals surface area contributed by atoms with E-state index >= 15 is 0 Å². The van der Waals surface area contributed by atoms with Gasteiger partial charge in [0.2, 0.25) is 0 Å². The van der Waals surface area contributed by atoms with E-state index in [4.69, 9.17) is 18.9 Å². The number of allylic oxidation sites excluding steroid dienone is 2.